The topological polar surface area (TPSA) is 72.2 Å². The summed E-state index contributed by atoms with van der Waals surface area (Å²) in [7, 11) is -0.799. The van der Waals surface area contributed by atoms with Gasteiger partial charge in [-0.1, -0.05) is 13.8 Å². The fourth-order valence-electron chi connectivity index (χ4n) is 1.75. The van der Waals surface area contributed by atoms with Crippen LogP contribution in [0, 0.1) is 10.1 Å². The second-order valence-corrected chi connectivity index (χ2v) is 7.26. The molecular weight excluding hydrogens is 239 g/mol. The van der Waals surface area contributed by atoms with E-state index < -0.39 is 12.1 Å². The standard InChI is InChI=1S/C11H17N2O3P/c1-4-17(16,5-2)11-8-9(13(14)15)6-7-10(11)12-3/h6-8,12H,4-5H2,1-3H3. The van der Waals surface area contributed by atoms with Crippen LogP contribution in [0.1, 0.15) is 13.8 Å². The maximum atomic E-state index is 12.6. The predicted octanol–water partition coefficient (Wildman–Crippen LogP) is 2.66. The van der Waals surface area contributed by atoms with Crippen molar-refractivity contribution < 1.29 is 9.49 Å². The lowest BCUT2D eigenvalue weighted by Crippen LogP contribution is -2.14. The quantitative estimate of drug-likeness (QED) is 0.499. The average molecular weight is 256 g/mol. The van der Waals surface area contributed by atoms with Gasteiger partial charge in [-0.25, -0.2) is 0 Å². The van der Waals surface area contributed by atoms with Crippen molar-refractivity contribution >= 4 is 23.8 Å². The summed E-state index contributed by atoms with van der Waals surface area (Å²) >= 11 is 0. The van der Waals surface area contributed by atoms with Crippen molar-refractivity contribution in [3.63, 3.8) is 0 Å². The minimum Gasteiger partial charge on any atom is -0.388 e. The van der Waals surface area contributed by atoms with Crippen LogP contribution in [0.25, 0.3) is 0 Å². The molecular formula is C11H17N2O3P. The molecule has 0 saturated heterocycles. The molecule has 0 spiro atoms. The number of hydrogen-bond donors (Lipinski definition) is 1. The van der Waals surface area contributed by atoms with Gasteiger partial charge in [-0.05, 0) is 6.07 Å². The van der Waals surface area contributed by atoms with Gasteiger partial charge in [0.15, 0.2) is 0 Å². The fourth-order valence-corrected chi connectivity index (χ4v) is 3.87. The molecule has 0 aliphatic heterocycles. The monoisotopic (exact) mass is 256 g/mol. The number of nitrogens with zero attached hydrogens (tertiary/aromatic N) is 1. The third kappa shape index (κ3) is 2.67. The first-order valence-corrected chi connectivity index (χ1v) is 7.61. The molecule has 0 radical (unpaired) electrons. The van der Waals surface area contributed by atoms with Gasteiger partial charge in [0.1, 0.15) is 7.14 Å². The highest BCUT2D eigenvalue weighted by molar-refractivity contribution is 7.71. The number of anilines is 1. The molecule has 1 aromatic carbocycles. The van der Waals surface area contributed by atoms with E-state index in [2.05, 4.69) is 5.32 Å². The molecule has 0 amide bonds. The van der Waals surface area contributed by atoms with Crippen LogP contribution in [0.3, 0.4) is 0 Å². The Balaban J connectivity index is 3.42. The molecule has 0 aliphatic rings. The fraction of sp³-hybridized carbons (Fsp3) is 0.455. The summed E-state index contributed by atoms with van der Waals surface area (Å²) in [6, 6.07) is 4.47. The van der Waals surface area contributed by atoms with E-state index in [1.165, 1.54) is 12.1 Å². The molecule has 0 heterocycles. The van der Waals surface area contributed by atoms with E-state index in [1.807, 2.05) is 13.8 Å². The molecule has 0 bridgehead atoms. The van der Waals surface area contributed by atoms with Crippen molar-refractivity contribution in [1.29, 1.82) is 0 Å². The molecule has 1 N–H and O–H groups in total. The first-order chi connectivity index (χ1) is 7.98. The van der Waals surface area contributed by atoms with Crippen LogP contribution in [-0.4, -0.2) is 24.3 Å². The van der Waals surface area contributed by atoms with Gasteiger partial charge in [-0.2, -0.15) is 0 Å². The number of nitro groups is 1. The second kappa shape index (κ2) is 5.32. The maximum Gasteiger partial charge on any atom is 0.270 e. The van der Waals surface area contributed by atoms with Crippen LogP contribution in [0.2, 0.25) is 0 Å². The Morgan fingerprint density at radius 3 is 2.35 bits per heavy atom. The largest absolute Gasteiger partial charge is 0.388 e. The van der Waals surface area contributed by atoms with E-state index in [1.54, 1.807) is 13.1 Å². The van der Waals surface area contributed by atoms with Crippen molar-refractivity contribution in [3.05, 3.63) is 28.3 Å². The molecule has 94 valence electrons. The predicted molar refractivity (Wildman–Crippen MR) is 71.0 cm³/mol. The Hall–Kier alpha value is -1.35. The third-order valence-electron chi connectivity index (χ3n) is 2.92. The highest BCUT2D eigenvalue weighted by Gasteiger charge is 2.25. The van der Waals surface area contributed by atoms with E-state index in [0.717, 1.165) is 0 Å². The number of non-ortho nitro benzene ring substituents is 1. The lowest BCUT2D eigenvalue weighted by molar-refractivity contribution is -0.384. The average Bonchev–Trinajstić information content (AvgIpc) is 2.36. The van der Waals surface area contributed by atoms with Gasteiger partial charge in [-0.15, -0.1) is 0 Å². The number of benzene rings is 1. The van der Waals surface area contributed by atoms with Crippen LogP contribution < -0.4 is 10.6 Å². The summed E-state index contributed by atoms with van der Waals surface area (Å²) in [4.78, 5) is 10.3. The molecule has 0 aliphatic carbocycles. The Labute approximate surface area is 101 Å². The van der Waals surface area contributed by atoms with Crippen LogP contribution in [-0.2, 0) is 4.57 Å². The van der Waals surface area contributed by atoms with E-state index in [0.29, 0.717) is 23.3 Å². The Morgan fingerprint density at radius 1 is 1.35 bits per heavy atom. The Bertz CT molecular complexity index is 466. The zero-order valence-electron chi connectivity index (χ0n) is 10.3. The molecule has 0 saturated carbocycles. The van der Waals surface area contributed by atoms with Gasteiger partial charge in [-0.3, -0.25) is 10.1 Å². The summed E-state index contributed by atoms with van der Waals surface area (Å²) in [5.41, 5.74) is 0.698. The highest BCUT2D eigenvalue weighted by Crippen LogP contribution is 2.46. The van der Waals surface area contributed by atoms with Gasteiger partial charge >= 0.3 is 0 Å². The summed E-state index contributed by atoms with van der Waals surface area (Å²) in [5, 5.41) is 14.3. The molecule has 1 rings (SSSR count). The first kappa shape index (κ1) is 13.7. The van der Waals surface area contributed by atoms with E-state index in [9.17, 15) is 14.7 Å². The maximum absolute atomic E-state index is 12.6. The molecule has 6 heteroatoms. The lowest BCUT2D eigenvalue weighted by Gasteiger charge is -2.18. The first-order valence-electron chi connectivity index (χ1n) is 5.53. The van der Waals surface area contributed by atoms with E-state index in [-0.39, 0.29) is 5.69 Å². The Kier molecular flexibility index (Phi) is 4.29. The zero-order valence-corrected chi connectivity index (χ0v) is 11.2. The lowest BCUT2D eigenvalue weighted by atomic mass is 10.3. The normalized spacial score (nSPS) is 11.2. The Morgan fingerprint density at radius 2 is 1.94 bits per heavy atom. The second-order valence-electron chi connectivity index (χ2n) is 3.73. The molecule has 17 heavy (non-hydrogen) atoms. The van der Waals surface area contributed by atoms with Crippen LogP contribution in [0.4, 0.5) is 11.4 Å². The van der Waals surface area contributed by atoms with Crippen molar-refractivity contribution in [2.75, 3.05) is 24.7 Å². The third-order valence-corrected chi connectivity index (χ3v) is 6.21. The SMILES string of the molecule is CCP(=O)(CC)c1cc([N+](=O)[O-])ccc1NC. The molecule has 5 nitrogen and oxygen atoms in total. The van der Waals surface area contributed by atoms with Crippen LogP contribution in [0.5, 0.6) is 0 Å². The summed E-state index contributed by atoms with van der Waals surface area (Å²) in [5.74, 6) is 0. The van der Waals surface area contributed by atoms with Crippen molar-refractivity contribution in [2.45, 2.75) is 13.8 Å². The van der Waals surface area contributed by atoms with Crippen molar-refractivity contribution in [2.24, 2.45) is 0 Å². The summed E-state index contributed by atoms with van der Waals surface area (Å²) in [6.45, 7) is 3.70. The summed E-state index contributed by atoms with van der Waals surface area (Å²) < 4.78 is 12.6. The number of rotatable bonds is 5. The van der Waals surface area contributed by atoms with Crippen LogP contribution >= 0.6 is 7.14 Å². The van der Waals surface area contributed by atoms with E-state index >= 15 is 0 Å². The minimum atomic E-state index is -2.52. The minimum absolute atomic E-state index is 0.0128. The number of nitro benzene ring substituents is 1. The van der Waals surface area contributed by atoms with Crippen molar-refractivity contribution in [3.8, 4) is 0 Å². The van der Waals surface area contributed by atoms with Gasteiger partial charge in [0, 0.05) is 42.5 Å². The molecule has 0 atom stereocenters. The van der Waals surface area contributed by atoms with Crippen molar-refractivity contribution in [1.82, 2.24) is 0 Å². The molecule has 1 aromatic rings. The smallest absolute Gasteiger partial charge is 0.270 e. The zero-order chi connectivity index (χ0) is 13.1. The van der Waals surface area contributed by atoms with Crippen LogP contribution in [0.15, 0.2) is 18.2 Å². The van der Waals surface area contributed by atoms with E-state index in [4.69, 9.17) is 0 Å². The molecule has 0 aromatic heterocycles. The van der Waals surface area contributed by atoms with Gasteiger partial charge in [0.2, 0.25) is 0 Å². The summed E-state index contributed by atoms with van der Waals surface area (Å²) in [6.07, 6.45) is 1.03. The van der Waals surface area contributed by atoms with Gasteiger partial charge in [0.05, 0.1) is 4.92 Å². The van der Waals surface area contributed by atoms with Gasteiger partial charge in [0.25, 0.3) is 5.69 Å². The molecule has 0 unspecified atom stereocenters. The molecule has 0 fully saturated rings. The number of hydrogen-bond acceptors (Lipinski definition) is 4. The highest BCUT2D eigenvalue weighted by atomic mass is 31.2. The van der Waals surface area contributed by atoms with Gasteiger partial charge < -0.3 is 9.88 Å². The number of nitrogens with one attached hydrogen (secondary N) is 1.